The van der Waals surface area contributed by atoms with Crippen LogP contribution in [0, 0.1) is 0 Å². The Kier molecular flexibility index (Phi) is 5.17. The lowest BCUT2D eigenvalue weighted by Crippen LogP contribution is -2.23. The SMILES string of the molecule is C=CCNS(=O)(=O)c1ccc(OC)c(-c2nc(C(C)C)no2)c1. The Morgan fingerprint density at radius 1 is 1.43 bits per heavy atom. The van der Waals surface area contributed by atoms with Crippen LogP contribution in [0.25, 0.3) is 11.5 Å². The molecular weight excluding hydrogens is 318 g/mol. The van der Waals surface area contributed by atoms with E-state index in [4.69, 9.17) is 9.26 Å². The number of hydrogen-bond acceptors (Lipinski definition) is 6. The van der Waals surface area contributed by atoms with Crippen LogP contribution < -0.4 is 9.46 Å². The minimum Gasteiger partial charge on any atom is -0.496 e. The van der Waals surface area contributed by atoms with Crippen molar-refractivity contribution in [2.75, 3.05) is 13.7 Å². The van der Waals surface area contributed by atoms with Crippen molar-refractivity contribution in [1.82, 2.24) is 14.9 Å². The van der Waals surface area contributed by atoms with Gasteiger partial charge in [0, 0.05) is 12.5 Å². The Hall–Kier alpha value is -2.19. The van der Waals surface area contributed by atoms with Gasteiger partial charge in [-0.2, -0.15) is 4.98 Å². The van der Waals surface area contributed by atoms with Crippen molar-refractivity contribution in [1.29, 1.82) is 0 Å². The Balaban J connectivity index is 2.49. The van der Waals surface area contributed by atoms with Gasteiger partial charge in [0.1, 0.15) is 5.75 Å². The molecule has 0 spiro atoms. The molecule has 1 aromatic heterocycles. The Bertz CT molecular complexity index is 797. The fourth-order valence-corrected chi connectivity index (χ4v) is 2.88. The maximum absolute atomic E-state index is 12.2. The summed E-state index contributed by atoms with van der Waals surface area (Å²) in [6.07, 6.45) is 1.47. The summed E-state index contributed by atoms with van der Waals surface area (Å²) in [7, 11) is -2.17. The third-order valence-electron chi connectivity index (χ3n) is 3.09. The number of sulfonamides is 1. The van der Waals surface area contributed by atoms with Gasteiger partial charge in [-0.05, 0) is 18.2 Å². The number of aromatic nitrogens is 2. The van der Waals surface area contributed by atoms with Crippen LogP contribution in [0.2, 0.25) is 0 Å². The quantitative estimate of drug-likeness (QED) is 0.779. The first-order chi connectivity index (χ1) is 10.9. The highest BCUT2D eigenvalue weighted by Crippen LogP contribution is 2.31. The fourth-order valence-electron chi connectivity index (χ4n) is 1.85. The van der Waals surface area contributed by atoms with Gasteiger partial charge < -0.3 is 9.26 Å². The number of benzene rings is 1. The molecule has 0 fully saturated rings. The van der Waals surface area contributed by atoms with Gasteiger partial charge >= 0.3 is 0 Å². The molecule has 0 aliphatic heterocycles. The first kappa shape index (κ1) is 17.2. The summed E-state index contributed by atoms with van der Waals surface area (Å²) in [6, 6.07) is 4.45. The van der Waals surface area contributed by atoms with Gasteiger partial charge in [-0.3, -0.25) is 0 Å². The molecular formula is C15H19N3O4S. The first-order valence-corrected chi connectivity index (χ1v) is 8.50. The van der Waals surface area contributed by atoms with Crippen molar-refractivity contribution in [3.63, 3.8) is 0 Å². The second kappa shape index (κ2) is 6.93. The molecule has 7 nitrogen and oxygen atoms in total. The molecule has 1 N–H and O–H groups in total. The Morgan fingerprint density at radius 3 is 2.74 bits per heavy atom. The highest BCUT2D eigenvalue weighted by molar-refractivity contribution is 7.89. The standard InChI is InChI=1S/C15H19N3O4S/c1-5-8-16-23(19,20)11-6-7-13(21-4)12(9-11)15-17-14(10(2)3)18-22-15/h5-7,9-10,16H,1,8H2,2-4H3. The molecule has 0 amide bonds. The average Bonchev–Trinajstić information content (AvgIpc) is 3.02. The third-order valence-corrected chi connectivity index (χ3v) is 4.51. The van der Waals surface area contributed by atoms with Crippen LogP contribution in [-0.4, -0.2) is 32.2 Å². The van der Waals surface area contributed by atoms with Gasteiger partial charge in [0.2, 0.25) is 10.0 Å². The van der Waals surface area contributed by atoms with Gasteiger partial charge in [0.15, 0.2) is 5.82 Å². The molecule has 8 heteroatoms. The second-order valence-corrected chi connectivity index (χ2v) is 6.88. The topological polar surface area (TPSA) is 94.3 Å². The van der Waals surface area contributed by atoms with E-state index in [1.54, 1.807) is 6.07 Å². The predicted octanol–water partition coefficient (Wildman–Crippen LogP) is 2.33. The maximum Gasteiger partial charge on any atom is 0.261 e. The molecule has 1 heterocycles. The van der Waals surface area contributed by atoms with Crippen LogP contribution in [0.3, 0.4) is 0 Å². The van der Waals surface area contributed by atoms with E-state index in [1.807, 2.05) is 13.8 Å². The number of ether oxygens (including phenoxy) is 1. The molecule has 0 radical (unpaired) electrons. The lowest BCUT2D eigenvalue weighted by atomic mass is 10.2. The maximum atomic E-state index is 12.2. The summed E-state index contributed by atoms with van der Waals surface area (Å²) >= 11 is 0. The van der Waals surface area contributed by atoms with E-state index in [2.05, 4.69) is 21.4 Å². The zero-order valence-corrected chi connectivity index (χ0v) is 14.1. The van der Waals surface area contributed by atoms with Crippen molar-refractivity contribution in [2.45, 2.75) is 24.7 Å². The van der Waals surface area contributed by atoms with Gasteiger partial charge in [-0.15, -0.1) is 6.58 Å². The first-order valence-electron chi connectivity index (χ1n) is 7.01. The van der Waals surface area contributed by atoms with Gasteiger partial charge in [-0.25, -0.2) is 13.1 Å². The molecule has 2 rings (SSSR count). The molecule has 0 saturated heterocycles. The smallest absolute Gasteiger partial charge is 0.261 e. The molecule has 1 aromatic carbocycles. The van der Waals surface area contributed by atoms with Gasteiger partial charge in [0.25, 0.3) is 5.89 Å². The van der Waals surface area contributed by atoms with Crippen molar-refractivity contribution in [3.8, 4) is 17.2 Å². The normalized spacial score (nSPS) is 11.7. The van der Waals surface area contributed by atoms with Crippen LogP contribution in [0.15, 0.2) is 40.3 Å². The van der Waals surface area contributed by atoms with E-state index in [9.17, 15) is 8.42 Å². The predicted molar refractivity (Wildman–Crippen MR) is 85.8 cm³/mol. The van der Waals surface area contributed by atoms with Crippen molar-refractivity contribution in [2.24, 2.45) is 0 Å². The monoisotopic (exact) mass is 337 g/mol. The number of methoxy groups -OCH3 is 1. The lowest BCUT2D eigenvalue weighted by Gasteiger charge is -2.09. The summed E-state index contributed by atoms with van der Waals surface area (Å²) in [6.45, 7) is 7.50. The van der Waals surface area contributed by atoms with Gasteiger partial charge in [0.05, 0.1) is 17.6 Å². The van der Waals surface area contributed by atoms with Crippen LogP contribution in [0.1, 0.15) is 25.6 Å². The van der Waals surface area contributed by atoms with Crippen LogP contribution in [0.4, 0.5) is 0 Å². The van der Waals surface area contributed by atoms with Crippen LogP contribution >= 0.6 is 0 Å². The molecule has 0 aliphatic carbocycles. The van der Waals surface area contributed by atoms with E-state index >= 15 is 0 Å². The highest BCUT2D eigenvalue weighted by Gasteiger charge is 2.20. The van der Waals surface area contributed by atoms with Gasteiger partial charge in [-0.1, -0.05) is 25.1 Å². The number of rotatable bonds is 7. The Labute approximate surface area is 135 Å². The molecule has 2 aromatic rings. The van der Waals surface area contributed by atoms with Crippen molar-refractivity contribution < 1.29 is 17.7 Å². The summed E-state index contributed by atoms with van der Waals surface area (Å²) in [5.74, 6) is 1.30. The second-order valence-electron chi connectivity index (χ2n) is 5.12. The number of hydrogen-bond donors (Lipinski definition) is 1. The molecule has 0 atom stereocenters. The fraction of sp³-hybridized carbons (Fsp3) is 0.333. The molecule has 0 aliphatic rings. The number of nitrogens with one attached hydrogen (secondary N) is 1. The zero-order valence-electron chi connectivity index (χ0n) is 13.2. The van der Waals surface area contributed by atoms with E-state index in [-0.39, 0.29) is 23.2 Å². The molecule has 0 saturated carbocycles. The van der Waals surface area contributed by atoms with E-state index in [1.165, 1.54) is 25.3 Å². The zero-order chi connectivity index (χ0) is 17.0. The summed E-state index contributed by atoms with van der Waals surface area (Å²) in [5, 5.41) is 3.89. The molecule has 23 heavy (non-hydrogen) atoms. The highest BCUT2D eigenvalue weighted by atomic mass is 32.2. The van der Waals surface area contributed by atoms with Crippen LogP contribution in [-0.2, 0) is 10.0 Å². The average molecular weight is 337 g/mol. The minimum atomic E-state index is -3.65. The van der Waals surface area contributed by atoms with Crippen molar-refractivity contribution in [3.05, 3.63) is 36.7 Å². The van der Waals surface area contributed by atoms with Crippen LogP contribution in [0.5, 0.6) is 5.75 Å². The largest absolute Gasteiger partial charge is 0.496 e. The summed E-state index contributed by atoms with van der Waals surface area (Å²) in [5.41, 5.74) is 0.424. The minimum absolute atomic E-state index is 0.0828. The molecule has 0 bridgehead atoms. The van der Waals surface area contributed by atoms with Crippen molar-refractivity contribution >= 4 is 10.0 Å². The van der Waals surface area contributed by atoms with E-state index < -0.39 is 10.0 Å². The lowest BCUT2D eigenvalue weighted by molar-refractivity contribution is 0.401. The summed E-state index contributed by atoms with van der Waals surface area (Å²) in [4.78, 5) is 4.37. The summed E-state index contributed by atoms with van der Waals surface area (Å²) < 4.78 is 37.3. The Morgan fingerprint density at radius 2 is 2.17 bits per heavy atom. The number of nitrogens with zero attached hydrogens (tertiary/aromatic N) is 2. The molecule has 0 unspecified atom stereocenters. The molecule has 124 valence electrons. The van der Waals surface area contributed by atoms with E-state index in [0.717, 1.165) is 0 Å². The van der Waals surface area contributed by atoms with E-state index in [0.29, 0.717) is 17.1 Å². The third kappa shape index (κ3) is 3.77.